The average Bonchev–Trinajstić information content (AvgIpc) is 2.39. The van der Waals surface area contributed by atoms with Crippen molar-refractivity contribution in [3.63, 3.8) is 0 Å². The summed E-state index contributed by atoms with van der Waals surface area (Å²) < 4.78 is 5.78. The van der Waals surface area contributed by atoms with Gasteiger partial charge in [-0.3, -0.25) is 0 Å². The average molecular weight is 275 g/mol. The second-order valence-corrected chi connectivity index (χ2v) is 6.39. The van der Waals surface area contributed by atoms with Crippen molar-refractivity contribution in [3.05, 3.63) is 29.8 Å². The number of ether oxygens (including phenoxy) is 1. The van der Waals surface area contributed by atoms with E-state index in [-0.39, 0.29) is 12.1 Å². The van der Waals surface area contributed by atoms with Gasteiger partial charge in [0, 0.05) is 5.69 Å². The second-order valence-electron chi connectivity index (χ2n) is 6.39. The first-order chi connectivity index (χ1) is 9.47. The predicted molar refractivity (Wildman–Crippen MR) is 81.4 cm³/mol. The molecule has 1 aliphatic rings. The summed E-state index contributed by atoms with van der Waals surface area (Å²) in [5, 5.41) is 0. The van der Waals surface area contributed by atoms with Crippen LogP contribution in [0, 0.1) is 17.8 Å². The summed E-state index contributed by atoms with van der Waals surface area (Å²) in [6.07, 6.45) is 3.41. The van der Waals surface area contributed by atoms with E-state index < -0.39 is 0 Å². The molecule has 0 saturated heterocycles. The molecule has 1 saturated carbocycles. The number of rotatable bonds is 3. The summed E-state index contributed by atoms with van der Waals surface area (Å²) in [5.41, 5.74) is 6.88. The molecule has 0 amide bonds. The van der Waals surface area contributed by atoms with Gasteiger partial charge in [-0.1, -0.05) is 27.2 Å². The number of nitrogens with two attached hydrogens (primary N) is 1. The number of benzene rings is 1. The minimum atomic E-state index is -0.227. The van der Waals surface area contributed by atoms with Gasteiger partial charge in [-0.15, -0.1) is 0 Å². The van der Waals surface area contributed by atoms with Crippen molar-refractivity contribution in [2.24, 2.45) is 17.8 Å². The monoisotopic (exact) mass is 275 g/mol. The lowest BCUT2D eigenvalue weighted by molar-refractivity contribution is -0.0174. The fourth-order valence-electron chi connectivity index (χ4n) is 3.07. The quantitative estimate of drug-likeness (QED) is 0.672. The van der Waals surface area contributed by atoms with Gasteiger partial charge in [-0.2, -0.15) is 0 Å². The topological polar surface area (TPSA) is 52.3 Å². The molecule has 1 aromatic rings. The molecule has 0 heterocycles. The van der Waals surface area contributed by atoms with Crippen LogP contribution in [0.4, 0.5) is 5.69 Å². The lowest BCUT2D eigenvalue weighted by Crippen LogP contribution is -2.35. The van der Waals surface area contributed by atoms with Crippen LogP contribution in [-0.2, 0) is 4.74 Å². The maximum absolute atomic E-state index is 12.2. The Labute approximate surface area is 121 Å². The van der Waals surface area contributed by atoms with E-state index in [0.29, 0.717) is 29.0 Å². The first kappa shape index (κ1) is 14.9. The first-order valence-electron chi connectivity index (χ1n) is 7.54. The number of anilines is 1. The van der Waals surface area contributed by atoms with Crippen LogP contribution in [0.1, 0.15) is 50.4 Å². The highest BCUT2D eigenvalue weighted by atomic mass is 16.5. The van der Waals surface area contributed by atoms with Crippen molar-refractivity contribution in [2.75, 3.05) is 5.73 Å². The van der Waals surface area contributed by atoms with Gasteiger partial charge < -0.3 is 10.5 Å². The van der Waals surface area contributed by atoms with Crippen LogP contribution >= 0.6 is 0 Å². The van der Waals surface area contributed by atoms with Crippen LogP contribution in [0.25, 0.3) is 0 Å². The Kier molecular flexibility index (Phi) is 4.69. The zero-order valence-electron chi connectivity index (χ0n) is 12.6. The summed E-state index contributed by atoms with van der Waals surface area (Å²) in [4.78, 5) is 12.2. The lowest BCUT2D eigenvalue weighted by Gasteiger charge is -2.36. The van der Waals surface area contributed by atoms with Crippen molar-refractivity contribution < 1.29 is 9.53 Å². The van der Waals surface area contributed by atoms with E-state index in [0.717, 1.165) is 12.8 Å². The fraction of sp³-hybridized carbons (Fsp3) is 0.588. The minimum Gasteiger partial charge on any atom is -0.458 e. The molecule has 110 valence electrons. The van der Waals surface area contributed by atoms with E-state index in [4.69, 9.17) is 10.5 Å². The number of carbonyl (C=O) groups is 1. The molecule has 0 bridgehead atoms. The van der Waals surface area contributed by atoms with Crippen molar-refractivity contribution in [1.82, 2.24) is 0 Å². The zero-order chi connectivity index (χ0) is 14.7. The van der Waals surface area contributed by atoms with Crippen LogP contribution in [0.15, 0.2) is 24.3 Å². The third-order valence-electron chi connectivity index (χ3n) is 4.37. The second kappa shape index (κ2) is 6.29. The summed E-state index contributed by atoms with van der Waals surface area (Å²) >= 11 is 0. The zero-order valence-corrected chi connectivity index (χ0v) is 12.6. The molecule has 0 aromatic heterocycles. The van der Waals surface area contributed by atoms with Gasteiger partial charge in [0.15, 0.2) is 0 Å². The molecule has 1 fully saturated rings. The Hall–Kier alpha value is -1.51. The summed E-state index contributed by atoms with van der Waals surface area (Å²) in [6, 6.07) is 6.93. The minimum absolute atomic E-state index is 0.0452. The normalized spacial score (nSPS) is 26.5. The Balaban J connectivity index is 2.05. The van der Waals surface area contributed by atoms with E-state index in [1.807, 2.05) is 0 Å². The third-order valence-corrected chi connectivity index (χ3v) is 4.37. The molecule has 0 aliphatic heterocycles. The van der Waals surface area contributed by atoms with Gasteiger partial charge in [0.2, 0.25) is 0 Å². The van der Waals surface area contributed by atoms with Crippen molar-refractivity contribution >= 4 is 11.7 Å². The molecule has 0 spiro atoms. The van der Waals surface area contributed by atoms with Crippen molar-refractivity contribution in [3.8, 4) is 0 Å². The van der Waals surface area contributed by atoms with Crippen molar-refractivity contribution in [1.29, 1.82) is 0 Å². The smallest absolute Gasteiger partial charge is 0.338 e. The summed E-state index contributed by atoms with van der Waals surface area (Å²) in [5.74, 6) is 1.43. The van der Waals surface area contributed by atoms with E-state index in [1.165, 1.54) is 6.42 Å². The van der Waals surface area contributed by atoms with Gasteiger partial charge in [-0.25, -0.2) is 4.79 Å². The molecule has 1 unspecified atom stereocenters. The van der Waals surface area contributed by atoms with Crippen molar-refractivity contribution in [2.45, 2.75) is 46.1 Å². The molecule has 20 heavy (non-hydrogen) atoms. The Bertz CT molecular complexity index is 453. The van der Waals surface area contributed by atoms with E-state index in [2.05, 4.69) is 20.8 Å². The Morgan fingerprint density at radius 2 is 1.90 bits per heavy atom. The van der Waals surface area contributed by atoms with Gasteiger partial charge in [0.25, 0.3) is 0 Å². The van der Waals surface area contributed by atoms with Crippen LogP contribution < -0.4 is 5.73 Å². The van der Waals surface area contributed by atoms with Gasteiger partial charge in [-0.05, 0) is 54.9 Å². The first-order valence-corrected chi connectivity index (χ1v) is 7.54. The number of nitrogen functional groups attached to an aromatic ring is 1. The number of hydrogen-bond acceptors (Lipinski definition) is 3. The van der Waals surface area contributed by atoms with E-state index in [1.54, 1.807) is 24.3 Å². The van der Waals surface area contributed by atoms with Crippen LogP contribution in [-0.4, -0.2) is 12.1 Å². The van der Waals surface area contributed by atoms with E-state index >= 15 is 0 Å². The molecule has 1 aliphatic carbocycles. The van der Waals surface area contributed by atoms with E-state index in [9.17, 15) is 4.79 Å². The maximum Gasteiger partial charge on any atom is 0.338 e. The van der Waals surface area contributed by atoms with Crippen LogP contribution in [0.5, 0.6) is 0 Å². The maximum atomic E-state index is 12.2. The Morgan fingerprint density at radius 1 is 1.25 bits per heavy atom. The number of esters is 1. The Morgan fingerprint density at radius 3 is 2.50 bits per heavy atom. The third kappa shape index (κ3) is 3.53. The molecule has 2 rings (SSSR count). The predicted octanol–water partition coefficient (Wildman–Crippen LogP) is 3.89. The molecule has 3 atom stereocenters. The molecule has 3 nitrogen and oxygen atoms in total. The van der Waals surface area contributed by atoms with Gasteiger partial charge >= 0.3 is 5.97 Å². The SMILES string of the molecule is CC(C)C1CC[C@@H](C)C[C@H]1OC(=O)c1ccc(N)cc1. The number of carbonyl (C=O) groups excluding carboxylic acids is 1. The fourth-order valence-corrected chi connectivity index (χ4v) is 3.07. The standard InChI is InChI=1S/C17H25NO2/c1-11(2)15-9-4-12(3)10-16(15)20-17(19)13-5-7-14(18)8-6-13/h5-8,11-12,15-16H,4,9-10,18H2,1-3H3/t12-,15?,16-/m1/s1. The molecular weight excluding hydrogens is 250 g/mol. The summed E-state index contributed by atoms with van der Waals surface area (Å²) in [6.45, 7) is 6.66. The lowest BCUT2D eigenvalue weighted by atomic mass is 9.75. The highest BCUT2D eigenvalue weighted by Gasteiger charge is 2.33. The van der Waals surface area contributed by atoms with Crippen LogP contribution in [0.2, 0.25) is 0 Å². The van der Waals surface area contributed by atoms with Crippen LogP contribution in [0.3, 0.4) is 0 Å². The molecule has 3 heteroatoms. The molecular formula is C17H25NO2. The highest BCUT2D eigenvalue weighted by molar-refractivity contribution is 5.89. The number of hydrogen-bond donors (Lipinski definition) is 1. The summed E-state index contributed by atoms with van der Waals surface area (Å²) in [7, 11) is 0. The van der Waals surface area contributed by atoms with Gasteiger partial charge in [0.05, 0.1) is 5.56 Å². The molecule has 0 radical (unpaired) electrons. The molecule has 1 aromatic carbocycles. The largest absolute Gasteiger partial charge is 0.458 e. The molecule has 2 N–H and O–H groups in total. The highest BCUT2D eigenvalue weighted by Crippen LogP contribution is 2.35. The van der Waals surface area contributed by atoms with Gasteiger partial charge in [0.1, 0.15) is 6.10 Å².